The van der Waals surface area contributed by atoms with E-state index in [0.717, 1.165) is 20.0 Å². The number of nitrogens with zero attached hydrogens (tertiary/aromatic N) is 2. The fourth-order valence-corrected chi connectivity index (χ4v) is 5.26. The van der Waals surface area contributed by atoms with Gasteiger partial charge in [-0.3, -0.25) is 9.59 Å². The van der Waals surface area contributed by atoms with Crippen LogP contribution in [-0.4, -0.2) is 21.5 Å². The van der Waals surface area contributed by atoms with Gasteiger partial charge < -0.3 is 14.0 Å². The van der Waals surface area contributed by atoms with Crippen molar-refractivity contribution in [2.24, 2.45) is 0 Å². The average Bonchev–Trinajstić information content (AvgIpc) is 3.10. The Labute approximate surface area is 185 Å². The predicted molar refractivity (Wildman–Crippen MR) is 117 cm³/mol. The summed E-state index contributed by atoms with van der Waals surface area (Å²) in [5.41, 5.74) is 2.00. The third-order valence-electron chi connectivity index (χ3n) is 5.81. The van der Waals surface area contributed by atoms with E-state index < -0.39 is 17.5 Å². The molecule has 0 aliphatic carbocycles. The fraction of sp³-hybridized carbons (Fsp3) is 0.273. The molecular weight excluding hydrogens is 499 g/mol. The number of fused-ring (bicyclic) bond motifs is 5. The predicted octanol–water partition coefficient (Wildman–Crippen LogP) is 3.26. The number of aromatic nitrogens is 2. The number of ether oxygens (including phenoxy) is 2. The zero-order valence-electron chi connectivity index (χ0n) is 16.3. The van der Waals surface area contributed by atoms with E-state index in [0.29, 0.717) is 29.1 Å². The van der Waals surface area contributed by atoms with Gasteiger partial charge in [-0.2, -0.15) is 0 Å². The van der Waals surface area contributed by atoms with Gasteiger partial charge in [-0.05, 0) is 41.1 Å². The maximum atomic E-state index is 13.4. The first-order valence-electron chi connectivity index (χ1n) is 9.59. The summed E-state index contributed by atoms with van der Waals surface area (Å²) in [6, 6.07) is 9.60. The van der Waals surface area contributed by atoms with Crippen LogP contribution >= 0.6 is 22.6 Å². The zero-order chi connectivity index (χ0) is 21.2. The van der Waals surface area contributed by atoms with E-state index in [1.165, 1.54) is 6.92 Å². The number of halogens is 1. The normalized spacial score (nSPS) is 19.1. The quantitative estimate of drug-likeness (QED) is 0.301. The minimum Gasteiger partial charge on any atom is -0.457 e. The van der Waals surface area contributed by atoms with Crippen molar-refractivity contribution in [1.82, 2.24) is 9.55 Å². The van der Waals surface area contributed by atoms with Crippen LogP contribution < -0.4 is 5.56 Å². The Morgan fingerprint density at radius 2 is 2.07 bits per heavy atom. The fourth-order valence-electron chi connectivity index (χ4n) is 4.38. The lowest BCUT2D eigenvalue weighted by Gasteiger charge is -2.35. The topological polar surface area (TPSA) is 87.5 Å². The number of pyridine rings is 2. The molecule has 0 amide bonds. The molecule has 5 rings (SSSR count). The van der Waals surface area contributed by atoms with Crippen molar-refractivity contribution in [3.63, 3.8) is 0 Å². The van der Waals surface area contributed by atoms with E-state index in [1.807, 2.05) is 24.3 Å². The molecule has 30 heavy (non-hydrogen) atoms. The van der Waals surface area contributed by atoms with Gasteiger partial charge in [0.2, 0.25) is 5.60 Å². The number of benzene rings is 1. The molecule has 0 saturated carbocycles. The van der Waals surface area contributed by atoms with Crippen LogP contribution in [0.3, 0.4) is 0 Å². The van der Waals surface area contributed by atoms with Crippen molar-refractivity contribution in [3.8, 4) is 11.4 Å². The van der Waals surface area contributed by atoms with Gasteiger partial charge in [0.15, 0.2) is 0 Å². The molecule has 2 aliphatic heterocycles. The molecule has 0 unspecified atom stereocenters. The molecule has 2 aliphatic rings. The number of carbonyl (C=O) groups excluding carboxylic acids is 2. The van der Waals surface area contributed by atoms with Crippen molar-refractivity contribution in [3.05, 3.63) is 60.9 Å². The Bertz CT molecular complexity index is 1330. The third kappa shape index (κ3) is 2.49. The Morgan fingerprint density at radius 3 is 2.80 bits per heavy atom. The molecule has 1 atom stereocenters. The molecule has 0 saturated heterocycles. The van der Waals surface area contributed by atoms with Gasteiger partial charge in [0.05, 0.1) is 29.0 Å². The van der Waals surface area contributed by atoms with Crippen LogP contribution in [0.15, 0.2) is 35.1 Å². The number of esters is 2. The maximum Gasteiger partial charge on any atom is 0.355 e. The Balaban J connectivity index is 1.82. The first-order chi connectivity index (χ1) is 14.4. The van der Waals surface area contributed by atoms with Crippen molar-refractivity contribution < 1.29 is 19.1 Å². The summed E-state index contributed by atoms with van der Waals surface area (Å²) >= 11 is 2.29. The van der Waals surface area contributed by atoms with Crippen LogP contribution in [0.2, 0.25) is 0 Å². The molecule has 0 bridgehead atoms. The zero-order valence-corrected chi connectivity index (χ0v) is 18.5. The first kappa shape index (κ1) is 19.2. The number of hydrogen-bond acceptors (Lipinski definition) is 6. The SMILES string of the molecule is CC[C@@]1(OC(C)=O)C(=O)OCc2c1cc1n(c2=O)Cc2c-1nc1ccccc1c2I. The molecule has 0 fully saturated rings. The summed E-state index contributed by atoms with van der Waals surface area (Å²) in [5.74, 6) is -1.27. The summed E-state index contributed by atoms with van der Waals surface area (Å²) < 4.78 is 13.5. The number of hydrogen-bond donors (Lipinski definition) is 0. The van der Waals surface area contributed by atoms with Gasteiger partial charge >= 0.3 is 11.9 Å². The molecule has 1 aromatic carbocycles. The van der Waals surface area contributed by atoms with Crippen LogP contribution in [-0.2, 0) is 37.8 Å². The van der Waals surface area contributed by atoms with E-state index in [9.17, 15) is 14.4 Å². The highest BCUT2D eigenvalue weighted by molar-refractivity contribution is 14.1. The minimum atomic E-state index is -1.62. The number of para-hydroxylation sites is 1. The van der Waals surface area contributed by atoms with E-state index in [-0.39, 0.29) is 18.6 Å². The lowest BCUT2D eigenvalue weighted by atomic mass is 9.85. The lowest BCUT2D eigenvalue weighted by molar-refractivity contribution is -0.188. The number of cyclic esters (lactones) is 1. The molecule has 0 spiro atoms. The van der Waals surface area contributed by atoms with E-state index in [2.05, 4.69) is 22.6 Å². The minimum absolute atomic E-state index is 0.140. The summed E-state index contributed by atoms with van der Waals surface area (Å²) in [6.07, 6.45) is 0.164. The van der Waals surface area contributed by atoms with Gasteiger partial charge in [0.25, 0.3) is 5.56 Å². The summed E-state index contributed by atoms with van der Waals surface area (Å²) in [5, 5.41) is 1.03. The lowest BCUT2D eigenvalue weighted by Crippen LogP contribution is -2.47. The highest BCUT2D eigenvalue weighted by Gasteiger charge is 2.50. The first-order valence-corrected chi connectivity index (χ1v) is 10.7. The van der Waals surface area contributed by atoms with E-state index in [4.69, 9.17) is 14.5 Å². The van der Waals surface area contributed by atoms with E-state index in [1.54, 1.807) is 17.6 Å². The van der Waals surface area contributed by atoms with Crippen LogP contribution in [0.4, 0.5) is 0 Å². The standard InChI is InChI=1S/C22H17IN2O5/c1-3-22(30-11(2)26)15-8-17-19-13(18(23)12-6-4-5-7-16(12)24-19)9-25(17)20(27)14(15)10-29-21(22)28/h4-8H,3,9-10H2,1-2H3/t22-/m0/s1. The van der Waals surface area contributed by atoms with E-state index >= 15 is 0 Å². The molecule has 3 aromatic rings. The molecule has 4 heterocycles. The molecule has 0 N–H and O–H groups in total. The Kier molecular flexibility index (Phi) is 4.25. The smallest absolute Gasteiger partial charge is 0.355 e. The van der Waals surface area contributed by atoms with Crippen molar-refractivity contribution >= 4 is 45.4 Å². The molecule has 0 radical (unpaired) electrons. The summed E-state index contributed by atoms with van der Waals surface area (Å²) in [4.78, 5) is 42.7. The molecule has 2 aromatic heterocycles. The number of carbonyl (C=O) groups is 2. The van der Waals surface area contributed by atoms with Crippen molar-refractivity contribution in [1.29, 1.82) is 0 Å². The maximum absolute atomic E-state index is 13.4. The van der Waals surface area contributed by atoms with Gasteiger partial charge in [0, 0.05) is 27.0 Å². The summed E-state index contributed by atoms with van der Waals surface area (Å²) in [7, 11) is 0. The molecule has 7 nitrogen and oxygen atoms in total. The second-order valence-corrected chi connectivity index (χ2v) is 8.51. The highest BCUT2D eigenvalue weighted by Crippen LogP contribution is 2.42. The number of rotatable bonds is 2. The second kappa shape index (κ2) is 6.63. The van der Waals surface area contributed by atoms with Crippen LogP contribution in [0.5, 0.6) is 0 Å². The van der Waals surface area contributed by atoms with Crippen molar-refractivity contribution in [2.75, 3.05) is 0 Å². The molecule has 8 heteroatoms. The van der Waals surface area contributed by atoms with Gasteiger partial charge in [-0.15, -0.1) is 0 Å². The van der Waals surface area contributed by atoms with Crippen LogP contribution in [0.1, 0.15) is 37.0 Å². The largest absolute Gasteiger partial charge is 0.457 e. The molecule has 152 valence electrons. The third-order valence-corrected chi connectivity index (χ3v) is 7.04. The summed E-state index contributed by atoms with van der Waals surface area (Å²) in [6.45, 7) is 3.23. The monoisotopic (exact) mass is 516 g/mol. The van der Waals surface area contributed by atoms with Gasteiger partial charge in [0.1, 0.15) is 6.61 Å². The van der Waals surface area contributed by atoms with Gasteiger partial charge in [-0.25, -0.2) is 9.78 Å². The van der Waals surface area contributed by atoms with Crippen LogP contribution in [0.25, 0.3) is 22.3 Å². The molecular formula is C22H17IN2O5. The van der Waals surface area contributed by atoms with Crippen molar-refractivity contribution in [2.45, 2.75) is 39.0 Å². The highest BCUT2D eigenvalue weighted by atomic mass is 127. The van der Waals surface area contributed by atoms with Gasteiger partial charge in [-0.1, -0.05) is 25.1 Å². The Morgan fingerprint density at radius 1 is 1.30 bits per heavy atom. The second-order valence-electron chi connectivity index (χ2n) is 7.43. The Hall–Kier alpha value is -2.75. The van der Waals surface area contributed by atoms with Crippen LogP contribution in [0, 0.1) is 3.57 Å². The average molecular weight is 516 g/mol.